The smallest absolute Gasteiger partial charge is 0.168 e. The van der Waals surface area contributed by atoms with Crippen molar-refractivity contribution in [2.45, 2.75) is 63.2 Å². The van der Waals surface area contributed by atoms with Crippen LogP contribution in [0.25, 0.3) is 0 Å². The van der Waals surface area contributed by atoms with Gasteiger partial charge in [0.1, 0.15) is 0 Å². The normalized spacial score (nSPS) is 26.1. The average molecular weight is 487 g/mol. The lowest BCUT2D eigenvalue weighted by atomic mass is 9.56. The third-order valence-electron chi connectivity index (χ3n) is 8.82. The van der Waals surface area contributed by atoms with E-state index in [9.17, 15) is 4.79 Å². The van der Waals surface area contributed by atoms with Crippen molar-refractivity contribution in [3.8, 4) is 0 Å². The molecule has 0 saturated heterocycles. The SMILES string of the molecule is CCC1(c2ccccc2)CC(c2ccccc2)CC(c2ccccc2)CC(C)(C(=O)c2ccccc2)C1. The second-order valence-corrected chi connectivity index (χ2v) is 11.3. The second-order valence-electron chi connectivity index (χ2n) is 11.3. The van der Waals surface area contributed by atoms with Crippen LogP contribution in [0.3, 0.4) is 0 Å². The Bertz CT molecular complexity index is 1280. The van der Waals surface area contributed by atoms with Gasteiger partial charge in [0, 0.05) is 11.0 Å². The monoisotopic (exact) mass is 486 g/mol. The first-order valence-electron chi connectivity index (χ1n) is 13.8. The molecule has 4 atom stereocenters. The van der Waals surface area contributed by atoms with Gasteiger partial charge in [-0.05, 0) is 66.0 Å². The quantitative estimate of drug-likeness (QED) is 0.248. The fourth-order valence-corrected chi connectivity index (χ4v) is 6.97. The van der Waals surface area contributed by atoms with Gasteiger partial charge in [0.05, 0.1) is 0 Å². The highest BCUT2D eigenvalue weighted by Crippen LogP contribution is 2.54. The van der Waals surface area contributed by atoms with E-state index in [1.165, 1.54) is 16.7 Å². The summed E-state index contributed by atoms with van der Waals surface area (Å²) < 4.78 is 0. The molecule has 0 heterocycles. The molecule has 1 saturated carbocycles. The van der Waals surface area contributed by atoms with Crippen molar-refractivity contribution in [3.05, 3.63) is 144 Å². The van der Waals surface area contributed by atoms with E-state index in [1.807, 2.05) is 30.3 Å². The van der Waals surface area contributed by atoms with Crippen LogP contribution in [-0.2, 0) is 5.41 Å². The Morgan fingerprint density at radius 1 is 0.676 bits per heavy atom. The lowest BCUT2D eigenvalue weighted by Gasteiger charge is -2.47. The van der Waals surface area contributed by atoms with E-state index >= 15 is 0 Å². The van der Waals surface area contributed by atoms with E-state index in [4.69, 9.17) is 0 Å². The summed E-state index contributed by atoms with van der Waals surface area (Å²) in [4.78, 5) is 14.3. The number of ketones is 1. The first kappa shape index (κ1) is 25.2. The Morgan fingerprint density at radius 2 is 1.14 bits per heavy atom. The number of hydrogen-bond donors (Lipinski definition) is 0. The third-order valence-corrected chi connectivity index (χ3v) is 8.82. The predicted molar refractivity (Wildman–Crippen MR) is 154 cm³/mol. The average Bonchev–Trinajstić information content (AvgIpc) is 2.96. The van der Waals surface area contributed by atoms with Gasteiger partial charge in [0.15, 0.2) is 5.78 Å². The zero-order chi connectivity index (χ0) is 25.7. The van der Waals surface area contributed by atoms with Crippen molar-refractivity contribution < 1.29 is 4.79 Å². The number of Topliss-reactive ketones (excluding diaryl/α,β-unsaturated/α-hetero) is 1. The lowest BCUT2D eigenvalue weighted by Crippen LogP contribution is -2.42. The highest BCUT2D eigenvalue weighted by Gasteiger charge is 2.47. The molecule has 0 N–H and O–H groups in total. The van der Waals surface area contributed by atoms with Crippen molar-refractivity contribution in [1.82, 2.24) is 0 Å². The standard InChI is InChI=1S/C36H38O/c1-3-36(33-22-14-7-15-23-33)26-32(29-18-10-5-11-19-29)24-31(28-16-8-4-9-17-28)25-35(2,27-36)34(37)30-20-12-6-13-21-30/h4-23,31-32H,3,24-27H2,1-2H3. The number of carbonyl (C=O) groups excluding carboxylic acids is 1. The number of carbonyl (C=O) groups is 1. The summed E-state index contributed by atoms with van der Waals surface area (Å²) in [5.41, 5.74) is 4.39. The fraction of sp³-hybridized carbons (Fsp3) is 0.306. The Kier molecular flexibility index (Phi) is 7.42. The molecule has 0 spiro atoms. The van der Waals surface area contributed by atoms with E-state index in [0.717, 1.165) is 37.7 Å². The van der Waals surface area contributed by atoms with Gasteiger partial charge in [-0.2, -0.15) is 0 Å². The second kappa shape index (κ2) is 10.9. The zero-order valence-corrected chi connectivity index (χ0v) is 22.1. The topological polar surface area (TPSA) is 17.1 Å². The van der Waals surface area contributed by atoms with Crippen LogP contribution in [0.15, 0.2) is 121 Å². The molecule has 0 aliphatic heterocycles. The highest BCUT2D eigenvalue weighted by atomic mass is 16.1. The molecule has 37 heavy (non-hydrogen) atoms. The molecule has 0 radical (unpaired) electrons. The van der Waals surface area contributed by atoms with Crippen LogP contribution in [0, 0.1) is 5.41 Å². The minimum Gasteiger partial charge on any atom is -0.294 e. The van der Waals surface area contributed by atoms with Crippen LogP contribution in [0.4, 0.5) is 0 Å². The minimum atomic E-state index is -0.477. The molecule has 4 unspecified atom stereocenters. The summed E-state index contributed by atoms with van der Waals surface area (Å²) in [6.45, 7) is 4.56. The molecule has 1 aliphatic rings. The lowest BCUT2D eigenvalue weighted by molar-refractivity contribution is 0.0664. The van der Waals surface area contributed by atoms with Crippen molar-refractivity contribution in [3.63, 3.8) is 0 Å². The van der Waals surface area contributed by atoms with Crippen LogP contribution in [0.2, 0.25) is 0 Å². The Labute approximate surface area is 222 Å². The summed E-state index contributed by atoms with van der Waals surface area (Å²) in [7, 11) is 0. The van der Waals surface area contributed by atoms with Gasteiger partial charge in [0.2, 0.25) is 0 Å². The van der Waals surface area contributed by atoms with Crippen molar-refractivity contribution in [2.75, 3.05) is 0 Å². The summed E-state index contributed by atoms with van der Waals surface area (Å²) in [5, 5.41) is 0. The van der Waals surface area contributed by atoms with E-state index in [0.29, 0.717) is 11.8 Å². The maximum Gasteiger partial charge on any atom is 0.168 e. The first-order chi connectivity index (χ1) is 18.0. The Hall–Kier alpha value is -3.45. The minimum absolute atomic E-state index is 0.0807. The van der Waals surface area contributed by atoms with Crippen molar-refractivity contribution >= 4 is 5.78 Å². The summed E-state index contributed by atoms with van der Waals surface area (Å²) >= 11 is 0. The van der Waals surface area contributed by atoms with Gasteiger partial charge in [-0.15, -0.1) is 0 Å². The highest BCUT2D eigenvalue weighted by molar-refractivity contribution is 6.00. The molecule has 1 heteroatoms. The molecular formula is C36H38O. The first-order valence-corrected chi connectivity index (χ1v) is 13.8. The van der Waals surface area contributed by atoms with Gasteiger partial charge in [-0.3, -0.25) is 4.79 Å². The largest absolute Gasteiger partial charge is 0.294 e. The van der Waals surface area contributed by atoms with E-state index in [-0.39, 0.29) is 11.2 Å². The van der Waals surface area contributed by atoms with Gasteiger partial charge < -0.3 is 0 Å². The summed E-state index contributed by atoms with van der Waals surface area (Å²) in [6, 6.07) is 42.9. The van der Waals surface area contributed by atoms with Crippen LogP contribution >= 0.6 is 0 Å². The number of benzene rings is 4. The van der Waals surface area contributed by atoms with Crippen LogP contribution in [0.5, 0.6) is 0 Å². The molecule has 1 nitrogen and oxygen atoms in total. The molecule has 0 aromatic heterocycles. The van der Waals surface area contributed by atoms with Crippen LogP contribution in [0.1, 0.15) is 84.8 Å². The maximum atomic E-state index is 14.3. The van der Waals surface area contributed by atoms with Crippen LogP contribution in [-0.4, -0.2) is 5.78 Å². The van der Waals surface area contributed by atoms with Crippen LogP contribution < -0.4 is 0 Å². The molecule has 1 aliphatic carbocycles. The van der Waals surface area contributed by atoms with Gasteiger partial charge >= 0.3 is 0 Å². The van der Waals surface area contributed by atoms with Gasteiger partial charge in [-0.1, -0.05) is 135 Å². The molecular weight excluding hydrogens is 448 g/mol. The molecule has 188 valence electrons. The molecule has 1 fully saturated rings. The third kappa shape index (κ3) is 5.32. The number of rotatable bonds is 6. The van der Waals surface area contributed by atoms with Gasteiger partial charge in [0.25, 0.3) is 0 Å². The number of hydrogen-bond acceptors (Lipinski definition) is 1. The fourth-order valence-electron chi connectivity index (χ4n) is 6.97. The molecule has 4 aromatic rings. The molecule has 0 amide bonds. The van der Waals surface area contributed by atoms with Crippen molar-refractivity contribution in [1.29, 1.82) is 0 Å². The van der Waals surface area contributed by atoms with E-state index < -0.39 is 5.41 Å². The van der Waals surface area contributed by atoms with Crippen molar-refractivity contribution in [2.24, 2.45) is 5.41 Å². The Morgan fingerprint density at radius 3 is 1.65 bits per heavy atom. The maximum absolute atomic E-state index is 14.3. The molecule has 4 aromatic carbocycles. The summed E-state index contributed by atoms with van der Waals surface area (Å²) in [5.74, 6) is 1.01. The zero-order valence-electron chi connectivity index (χ0n) is 22.1. The summed E-state index contributed by atoms with van der Waals surface area (Å²) in [6.07, 6.45) is 4.79. The Balaban J connectivity index is 1.66. The van der Waals surface area contributed by atoms with Gasteiger partial charge in [-0.25, -0.2) is 0 Å². The van der Waals surface area contributed by atoms with E-state index in [1.54, 1.807) is 0 Å². The predicted octanol–water partition coefficient (Wildman–Crippen LogP) is 9.37. The van der Waals surface area contributed by atoms with E-state index in [2.05, 4.69) is 105 Å². The molecule has 5 rings (SSSR count). The molecule has 0 bridgehead atoms.